The van der Waals surface area contributed by atoms with Crippen molar-refractivity contribution in [3.8, 4) is 17.4 Å². The van der Waals surface area contributed by atoms with E-state index >= 15 is 0 Å². The Morgan fingerprint density at radius 1 is 1.21 bits per heavy atom. The monoisotopic (exact) mass is 278 g/mol. The first-order chi connectivity index (χ1) is 9.06. The predicted molar refractivity (Wildman–Crippen MR) is 75.9 cm³/mol. The normalized spacial score (nSPS) is 10.5. The van der Waals surface area contributed by atoms with Crippen molar-refractivity contribution in [2.75, 3.05) is 5.73 Å². The number of anilines is 1. The van der Waals surface area contributed by atoms with Gasteiger partial charge in [-0.3, -0.25) is 0 Å². The number of nitrogens with two attached hydrogens (primary N) is 1. The van der Waals surface area contributed by atoms with Crippen molar-refractivity contribution in [3.05, 3.63) is 41.6 Å². The molecule has 2 N–H and O–H groups in total. The van der Waals surface area contributed by atoms with Gasteiger partial charge in [0.05, 0.1) is 11.1 Å². The highest BCUT2D eigenvalue weighted by Gasteiger charge is 2.11. The largest absolute Gasteiger partial charge is 0.485 e. The third-order valence-corrected chi connectivity index (χ3v) is 2.56. The van der Waals surface area contributed by atoms with Crippen molar-refractivity contribution >= 4 is 17.3 Å². The van der Waals surface area contributed by atoms with Gasteiger partial charge >= 0.3 is 0 Å². The van der Waals surface area contributed by atoms with E-state index in [4.69, 9.17) is 26.8 Å². The summed E-state index contributed by atoms with van der Waals surface area (Å²) < 4.78 is 11.3. The number of ether oxygens (including phenoxy) is 2. The molecule has 100 valence electrons. The lowest BCUT2D eigenvalue weighted by atomic mass is 10.3. The zero-order chi connectivity index (χ0) is 13.8. The Balaban J connectivity index is 2.27. The molecule has 0 amide bonds. The molecule has 1 heterocycles. The number of hydrogen-bond acceptors (Lipinski definition) is 4. The van der Waals surface area contributed by atoms with Crippen LogP contribution in [0.3, 0.4) is 0 Å². The van der Waals surface area contributed by atoms with Crippen LogP contribution in [0.2, 0.25) is 5.02 Å². The quantitative estimate of drug-likeness (QED) is 0.862. The lowest BCUT2D eigenvalue weighted by molar-refractivity contribution is 0.231. The molecule has 0 unspecified atom stereocenters. The van der Waals surface area contributed by atoms with Crippen LogP contribution in [-0.2, 0) is 0 Å². The highest BCUT2D eigenvalue weighted by atomic mass is 35.5. The van der Waals surface area contributed by atoms with Gasteiger partial charge in [-0.1, -0.05) is 11.6 Å². The molecular formula is C14H15ClN2O2. The first kappa shape index (κ1) is 13.5. The van der Waals surface area contributed by atoms with E-state index in [1.165, 1.54) is 0 Å². The fraction of sp³-hybridized carbons (Fsp3) is 0.214. The summed E-state index contributed by atoms with van der Waals surface area (Å²) in [5.41, 5.74) is 6.22. The Hall–Kier alpha value is -1.94. The zero-order valence-corrected chi connectivity index (χ0v) is 11.5. The van der Waals surface area contributed by atoms with Crippen LogP contribution < -0.4 is 15.2 Å². The molecule has 1 aromatic carbocycles. The maximum Gasteiger partial charge on any atom is 0.262 e. The van der Waals surface area contributed by atoms with Crippen LogP contribution in [0.1, 0.15) is 13.8 Å². The predicted octanol–water partition coefficient (Wildman–Crippen LogP) is 3.90. The molecule has 1 aromatic heterocycles. The van der Waals surface area contributed by atoms with Crippen LogP contribution in [0.5, 0.6) is 17.4 Å². The van der Waals surface area contributed by atoms with Crippen molar-refractivity contribution in [3.63, 3.8) is 0 Å². The summed E-state index contributed by atoms with van der Waals surface area (Å²) in [6.07, 6.45) is 1.67. The number of nitrogen functional groups attached to an aromatic ring is 1. The second kappa shape index (κ2) is 5.80. The molecule has 2 rings (SSSR count). The van der Waals surface area contributed by atoms with E-state index < -0.39 is 0 Å². The Kier molecular flexibility index (Phi) is 4.12. The number of nitrogens with zero attached hydrogens (tertiary/aromatic N) is 1. The smallest absolute Gasteiger partial charge is 0.262 e. The summed E-state index contributed by atoms with van der Waals surface area (Å²) in [7, 11) is 0. The van der Waals surface area contributed by atoms with Gasteiger partial charge < -0.3 is 15.2 Å². The first-order valence-electron chi connectivity index (χ1n) is 5.91. The molecule has 0 fully saturated rings. The van der Waals surface area contributed by atoms with E-state index in [1.807, 2.05) is 13.8 Å². The van der Waals surface area contributed by atoms with Gasteiger partial charge in [0.1, 0.15) is 5.75 Å². The van der Waals surface area contributed by atoms with Gasteiger partial charge in [-0.2, -0.15) is 0 Å². The van der Waals surface area contributed by atoms with Gasteiger partial charge in [-0.05, 0) is 44.2 Å². The third-order valence-electron chi connectivity index (χ3n) is 2.26. The lowest BCUT2D eigenvalue weighted by Gasteiger charge is -2.14. The first-order valence-corrected chi connectivity index (χ1v) is 6.28. The second-order valence-corrected chi connectivity index (χ2v) is 4.67. The van der Waals surface area contributed by atoms with Gasteiger partial charge in [-0.15, -0.1) is 0 Å². The Morgan fingerprint density at radius 3 is 2.68 bits per heavy atom. The number of halogens is 1. The number of pyridine rings is 1. The molecule has 2 aromatic rings. The van der Waals surface area contributed by atoms with Crippen LogP contribution in [-0.4, -0.2) is 11.1 Å². The summed E-state index contributed by atoms with van der Waals surface area (Å²) in [5, 5.41) is 0.432. The van der Waals surface area contributed by atoms with Gasteiger partial charge in [0.2, 0.25) is 0 Å². The maximum atomic E-state index is 6.06. The molecule has 0 aliphatic carbocycles. The van der Waals surface area contributed by atoms with Crippen molar-refractivity contribution in [2.24, 2.45) is 0 Å². The highest BCUT2D eigenvalue weighted by molar-refractivity contribution is 6.32. The minimum atomic E-state index is 0.0356. The average Bonchev–Trinajstić information content (AvgIpc) is 2.34. The molecule has 5 heteroatoms. The van der Waals surface area contributed by atoms with E-state index in [0.29, 0.717) is 28.1 Å². The van der Waals surface area contributed by atoms with Crippen LogP contribution >= 0.6 is 11.6 Å². The fourth-order valence-corrected chi connectivity index (χ4v) is 1.73. The minimum absolute atomic E-state index is 0.0356. The van der Waals surface area contributed by atoms with E-state index in [1.54, 1.807) is 36.5 Å². The van der Waals surface area contributed by atoms with Crippen LogP contribution in [0.4, 0.5) is 5.69 Å². The summed E-state index contributed by atoms with van der Waals surface area (Å²) >= 11 is 6.06. The number of aromatic nitrogens is 1. The second-order valence-electron chi connectivity index (χ2n) is 4.27. The van der Waals surface area contributed by atoms with Gasteiger partial charge in [-0.25, -0.2) is 4.98 Å². The van der Waals surface area contributed by atoms with Gasteiger partial charge in [0.15, 0.2) is 5.75 Å². The van der Waals surface area contributed by atoms with E-state index in [-0.39, 0.29) is 6.10 Å². The van der Waals surface area contributed by atoms with E-state index in [2.05, 4.69) is 4.98 Å². The van der Waals surface area contributed by atoms with Crippen LogP contribution in [0.25, 0.3) is 0 Å². The third kappa shape index (κ3) is 3.51. The number of hydrogen-bond donors (Lipinski definition) is 1. The Morgan fingerprint density at radius 2 is 2.00 bits per heavy atom. The number of rotatable bonds is 4. The molecule has 0 saturated heterocycles. The lowest BCUT2D eigenvalue weighted by Crippen LogP contribution is -2.07. The highest BCUT2D eigenvalue weighted by Crippen LogP contribution is 2.34. The van der Waals surface area contributed by atoms with Crippen molar-refractivity contribution < 1.29 is 9.47 Å². The molecule has 0 radical (unpaired) electrons. The SMILES string of the molecule is CC(C)Oc1cccnc1Oc1ccc(N)cc1Cl. The number of benzene rings is 1. The van der Waals surface area contributed by atoms with Crippen LogP contribution in [0.15, 0.2) is 36.5 Å². The molecule has 0 saturated carbocycles. The molecule has 4 nitrogen and oxygen atoms in total. The Bertz CT molecular complexity index is 573. The molecule has 0 aliphatic rings. The molecule has 0 aliphatic heterocycles. The summed E-state index contributed by atoms with van der Waals surface area (Å²) in [6, 6.07) is 8.63. The summed E-state index contributed by atoms with van der Waals surface area (Å²) in [5.74, 6) is 1.44. The topological polar surface area (TPSA) is 57.4 Å². The Labute approximate surface area is 117 Å². The zero-order valence-electron chi connectivity index (χ0n) is 10.8. The van der Waals surface area contributed by atoms with Crippen LogP contribution in [0, 0.1) is 0 Å². The summed E-state index contributed by atoms with van der Waals surface area (Å²) in [4.78, 5) is 4.15. The fourth-order valence-electron chi connectivity index (χ4n) is 1.50. The van der Waals surface area contributed by atoms with E-state index in [0.717, 1.165) is 0 Å². The molecule has 0 bridgehead atoms. The van der Waals surface area contributed by atoms with Crippen molar-refractivity contribution in [1.82, 2.24) is 4.98 Å². The van der Waals surface area contributed by atoms with Gasteiger partial charge in [0.25, 0.3) is 5.88 Å². The van der Waals surface area contributed by atoms with E-state index in [9.17, 15) is 0 Å². The molecule has 19 heavy (non-hydrogen) atoms. The average molecular weight is 279 g/mol. The van der Waals surface area contributed by atoms with Gasteiger partial charge in [0, 0.05) is 11.9 Å². The maximum absolute atomic E-state index is 6.06. The molecule has 0 atom stereocenters. The molecule has 0 spiro atoms. The van der Waals surface area contributed by atoms with Crippen molar-refractivity contribution in [1.29, 1.82) is 0 Å². The summed E-state index contributed by atoms with van der Waals surface area (Å²) in [6.45, 7) is 3.87. The molecular weight excluding hydrogens is 264 g/mol. The van der Waals surface area contributed by atoms with Crippen molar-refractivity contribution in [2.45, 2.75) is 20.0 Å². The standard InChI is InChI=1S/C14H15ClN2O2/c1-9(2)18-13-4-3-7-17-14(13)19-12-6-5-10(16)8-11(12)15/h3-9H,16H2,1-2H3. The minimum Gasteiger partial charge on any atom is -0.485 e.